The van der Waals surface area contributed by atoms with Crippen LogP contribution in [0.15, 0.2) is 47.6 Å². The minimum Gasteiger partial charge on any atom is -0.460 e. The van der Waals surface area contributed by atoms with Crippen molar-refractivity contribution in [1.29, 1.82) is 0 Å². The minimum atomic E-state index is -2.45. The van der Waals surface area contributed by atoms with Crippen LogP contribution in [-0.2, 0) is 52.4 Å². The molecule has 0 radical (unpaired) electrons. The van der Waals surface area contributed by atoms with Crippen LogP contribution in [0.5, 0.6) is 0 Å². The number of aliphatic hydroxyl groups is 4. The number of amides is 1. The molecule has 0 aromatic rings. The van der Waals surface area contributed by atoms with Crippen LogP contribution in [0, 0.1) is 46.8 Å². The molecule has 4 heterocycles. The van der Waals surface area contributed by atoms with Crippen molar-refractivity contribution < 1.29 is 72.8 Å². The zero-order valence-electron chi connectivity index (χ0n) is 44.0. The Hall–Kier alpha value is -3.45. The van der Waals surface area contributed by atoms with Crippen molar-refractivity contribution in [3.05, 3.63) is 47.6 Å². The molecule has 16 nitrogen and oxygen atoms in total. The number of methoxy groups -OCH3 is 3. The van der Waals surface area contributed by atoms with Gasteiger partial charge in [0.15, 0.2) is 5.78 Å². The van der Waals surface area contributed by atoms with Crippen LogP contribution >= 0.6 is 0 Å². The molecule has 4 fully saturated rings. The van der Waals surface area contributed by atoms with E-state index in [0.29, 0.717) is 56.9 Å². The number of Topliss-reactive ketones (excluding diaryl/α,β-unsaturated/α-hetero) is 3. The Labute approximate surface area is 421 Å². The molecule has 71 heavy (non-hydrogen) atoms. The fraction of sp³-hybridized carbons (Fsp3) is 0.764. The molecule has 0 spiro atoms. The molecule has 16 atom stereocenters. The number of carbonyl (C=O) groups is 5. The van der Waals surface area contributed by atoms with Crippen molar-refractivity contribution in [2.24, 2.45) is 46.8 Å². The molecule has 0 aromatic carbocycles. The van der Waals surface area contributed by atoms with Crippen molar-refractivity contribution in [3.8, 4) is 0 Å². The van der Waals surface area contributed by atoms with Crippen LogP contribution in [0.2, 0.25) is 0 Å². The van der Waals surface area contributed by atoms with E-state index in [1.165, 1.54) is 12.0 Å². The van der Waals surface area contributed by atoms with E-state index in [0.717, 1.165) is 12.0 Å². The normalized spacial score (nSPS) is 40.3. The lowest BCUT2D eigenvalue weighted by atomic mass is 9.70. The molecular formula is C55H85NO15. The number of nitrogens with zero attached hydrogens (tertiary/aromatic N) is 1. The standard InChI is InChI=1S/C55H85NO15/c1-32-14-12-11-13-15-33(2)45(66-8)27-40-18-16-37(6)55(65,71-40)51(62)52(63)56-21-20-39-26-42(56)53(64)70-46(28-43(59)34(3)23-36(5)49(61)50(68-10)48(60)35(4)22-32)41(39)24-38-17-19-44(47(25-38)67-9)69-31-54(7,29-57)30-58/h11-15,23,32,34-35,37-42,44-47,49-50,57-58,61,65H,16-22,24-31H2,1-10H3/b13-11+,14-12+,33-15+,36-23+/t32-,34-,35-,37-,38+,39+,40+,41?,42+,44+,45+,46+,47-,49-,50+,55-/m1/s1. The number of ether oxygens (including phenoxy) is 6. The number of esters is 1. The molecule has 1 aliphatic carbocycles. The molecule has 5 aliphatic rings. The van der Waals surface area contributed by atoms with Crippen LogP contribution in [-0.4, -0.2) is 157 Å². The van der Waals surface area contributed by atoms with Crippen LogP contribution in [0.25, 0.3) is 0 Å². The molecule has 4 aliphatic heterocycles. The molecule has 0 aromatic heterocycles. The lowest BCUT2D eigenvalue weighted by Gasteiger charge is -2.43. The second-order valence-corrected chi connectivity index (χ2v) is 22.0. The van der Waals surface area contributed by atoms with E-state index in [4.69, 9.17) is 28.4 Å². The summed E-state index contributed by atoms with van der Waals surface area (Å²) in [6.45, 7) is 12.2. The topological polar surface area (TPSA) is 225 Å². The van der Waals surface area contributed by atoms with E-state index in [1.54, 1.807) is 48.0 Å². The van der Waals surface area contributed by atoms with Gasteiger partial charge in [0, 0.05) is 63.9 Å². The zero-order chi connectivity index (χ0) is 52.4. The van der Waals surface area contributed by atoms with Gasteiger partial charge in [-0.15, -0.1) is 0 Å². The molecule has 1 saturated carbocycles. The first kappa shape index (κ1) is 58.4. The molecule has 1 unspecified atom stereocenters. The third-order valence-electron chi connectivity index (χ3n) is 16.4. The monoisotopic (exact) mass is 1000 g/mol. The average Bonchev–Trinajstić information content (AvgIpc) is 3.44. The van der Waals surface area contributed by atoms with E-state index in [-0.39, 0.29) is 86.7 Å². The zero-order valence-corrected chi connectivity index (χ0v) is 44.0. The number of aliphatic hydroxyl groups excluding tert-OH is 3. The Morgan fingerprint density at radius 3 is 2.21 bits per heavy atom. The Morgan fingerprint density at radius 2 is 1.55 bits per heavy atom. The van der Waals surface area contributed by atoms with E-state index in [2.05, 4.69) is 0 Å². The largest absolute Gasteiger partial charge is 0.460 e. The third kappa shape index (κ3) is 14.4. The summed E-state index contributed by atoms with van der Waals surface area (Å²) in [5.41, 5.74) is 0.445. The summed E-state index contributed by atoms with van der Waals surface area (Å²) < 4.78 is 36.1. The Morgan fingerprint density at radius 1 is 0.831 bits per heavy atom. The fourth-order valence-electron chi connectivity index (χ4n) is 11.4. The van der Waals surface area contributed by atoms with Gasteiger partial charge in [0.2, 0.25) is 5.79 Å². The maximum Gasteiger partial charge on any atom is 0.329 e. The van der Waals surface area contributed by atoms with Crippen molar-refractivity contribution in [1.82, 2.24) is 4.90 Å². The summed E-state index contributed by atoms with van der Waals surface area (Å²) in [5.74, 6) is -8.23. The molecular weight excluding hydrogens is 915 g/mol. The summed E-state index contributed by atoms with van der Waals surface area (Å²) in [7, 11) is 4.57. The number of ketones is 3. The summed E-state index contributed by atoms with van der Waals surface area (Å²) in [6, 6.07) is -1.15. The van der Waals surface area contributed by atoms with E-state index >= 15 is 0 Å². The van der Waals surface area contributed by atoms with Gasteiger partial charge in [-0.05, 0) is 106 Å². The smallest absolute Gasteiger partial charge is 0.329 e. The van der Waals surface area contributed by atoms with Gasteiger partial charge in [0.1, 0.15) is 30.1 Å². The van der Waals surface area contributed by atoms with Gasteiger partial charge >= 0.3 is 5.97 Å². The van der Waals surface area contributed by atoms with E-state index in [9.17, 15) is 44.4 Å². The predicted octanol–water partition coefficient (Wildman–Crippen LogP) is 5.42. The number of piperidine rings is 1. The van der Waals surface area contributed by atoms with Gasteiger partial charge in [-0.25, -0.2) is 4.79 Å². The summed E-state index contributed by atoms with van der Waals surface area (Å²) in [4.78, 5) is 72.5. The molecule has 5 rings (SSSR count). The van der Waals surface area contributed by atoms with Gasteiger partial charge in [-0.2, -0.15) is 0 Å². The Bertz CT molecular complexity index is 1960. The highest BCUT2D eigenvalue weighted by atomic mass is 16.6. The molecule has 400 valence electrons. The maximum absolute atomic E-state index is 14.4. The van der Waals surface area contributed by atoms with Gasteiger partial charge in [-0.3, -0.25) is 19.2 Å². The second-order valence-electron chi connectivity index (χ2n) is 22.0. The Kier molecular flexibility index (Phi) is 21.5. The first-order valence-electron chi connectivity index (χ1n) is 26.0. The Balaban J connectivity index is 1.48. The predicted molar refractivity (Wildman–Crippen MR) is 264 cm³/mol. The van der Waals surface area contributed by atoms with Gasteiger partial charge in [0.25, 0.3) is 11.7 Å². The van der Waals surface area contributed by atoms with Crippen molar-refractivity contribution in [2.75, 3.05) is 47.7 Å². The highest BCUT2D eigenvalue weighted by molar-refractivity contribution is 6.39. The van der Waals surface area contributed by atoms with Crippen LogP contribution in [0.1, 0.15) is 119 Å². The average molecular weight is 1000 g/mol. The summed E-state index contributed by atoms with van der Waals surface area (Å²) in [5, 5.41) is 43.3. The van der Waals surface area contributed by atoms with E-state index < -0.39 is 83.2 Å². The number of allylic oxidation sites excluding steroid dienone is 6. The lowest BCUT2D eigenvalue weighted by molar-refractivity contribution is -0.265. The highest BCUT2D eigenvalue weighted by Crippen LogP contribution is 2.44. The van der Waals surface area contributed by atoms with Crippen LogP contribution < -0.4 is 0 Å². The first-order chi connectivity index (χ1) is 33.6. The first-order valence-corrected chi connectivity index (χ1v) is 26.0. The molecule has 3 saturated heterocycles. The van der Waals surface area contributed by atoms with E-state index in [1.807, 2.05) is 51.2 Å². The molecule has 4 N–H and O–H groups in total. The number of carbonyl (C=O) groups excluding carboxylic acids is 5. The van der Waals surface area contributed by atoms with Gasteiger partial charge < -0.3 is 53.7 Å². The number of rotatable bonds is 10. The highest BCUT2D eigenvalue weighted by Gasteiger charge is 2.55. The number of hydrogen-bond acceptors (Lipinski definition) is 15. The number of hydrogen-bond donors (Lipinski definition) is 4. The third-order valence-corrected chi connectivity index (χ3v) is 16.4. The quantitative estimate of drug-likeness (QED) is 0.122. The maximum atomic E-state index is 14.4. The lowest BCUT2D eigenvalue weighted by Crippen LogP contribution is -2.61. The fourth-order valence-corrected chi connectivity index (χ4v) is 11.4. The van der Waals surface area contributed by atoms with Crippen LogP contribution in [0.3, 0.4) is 0 Å². The SMILES string of the molecule is CO[C@H]1C[C@@H]2CC[C@@H](C)[C@@](O)(O2)C(=O)C(=O)N2CC[C@H]3C[C@H]2C(=O)O[C@@H](CC(=O)[C@H](C)/C=C(\C)[C@@H](O)[C@@H](OC)C(=O)[C@H](C)C[C@H](C)/C=C/C=C/C=C/1C)C3C[C@@H]1CC[C@H](OCC(C)(CO)CO)[C@H](OC)C1. The van der Waals surface area contributed by atoms with Crippen LogP contribution in [0.4, 0.5) is 0 Å². The molecule has 1 amide bonds. The van der Waals surface area contributed by atoms with Gasteiger partial charge in [-0.1, -0.05) is 71.1 Å². The van der Waals surface area contributed by atoms with Crippen molar-refractivity contribution in [2.45, 2.75) is 174 Å². The summed E-state index contributed by atoms with van der Waals surface area (Å²) >= 11 is 0. The van der Waals surface area contributed by atoms with Crippen molar-refractivity contribution >= 4 is 29.2 Å². The summed E-state index contributed by atoms with van der Waals surface area (Å²) in [6.07, 6.45) is 10.9. The second kappa shape index (κ2) is 26.2. The molecule has 5 bridgehead atoms. The van der Waals surface area contributed by atoms with Gasteiger partial charge in [0.05, 0.1) is 44.2 Å². The molecule has 16 heteroatoms. The minimum absolute atomic E-state index is 0.0100. The van der Waals surface area contributed by atoms with Crippen molar-refractivity contribution in [3.63, 3.8) is 0 Å². The number of fused-ring (bicyclic) bond motifs is 5.